The van der Waals surface area contributed by atoms with Gasteiger partial charge in [0.2, 0.25) is 0 Å². The number of halogens is 3. The lowest BCUT2D eigenvalue weighted by atomic mass is 9.99. The zero-order valence-corrected chi connectivity index (χ0v) is 8.19. The number of hydrogen-bond donors (Lipinski definition) is 1. The lowest BCUT2D eigenvalue weighted by Gasteiger charge is -2.10. The molecule has 1 N–H and O–H groups in total. The summed E-state index contributed by atoms with van der Waals surface area (Å²) in [7, 11) is 0. The van der Waals surface area contributed by atoms with Crippen LogP contribution in [-0.2, 0) is 19.0 Å². The Bertz CT molecular complexity index is 374. The fourth-order valence-corrected chi connectivity index (χ4v) is 1.96. The van der Waals surface area contributed by atoms with Crippen molar-refractivity contribution < 1.29 is 13.2 Å². The molecule has 0 fully saturated rings. The Labute approximate surface area is 86.0 Å². The first-order valence-electron chi connectivity index (χ1n) is 5.00. The van der Waals surface area contributed by atoms with Gasteiger partial charge in [0, 0.05) is 6.20 Å². The highest BCUT2D eigenvalue weighted by Crippen LogP contribution is 2.34. The second-order valence-electron chi connectivity index (χ2n) is 3.71. The highest BCUT2D eigenvalue weighted by atomic mass is 19.4. The first kappa shape index (κ1) is 10.3. The van der Waals surface area contributed by atoms with Gasteiger partial charge in [-0.05, 0) is 36.8 Å². The standard InChI is InChI=1S/C11H12F3N/c12-11(13,14)10-9-6-4-2-1-3-5-8(9)7-15-10/h1-2,7,15H,3-6H2/b2-1-. The third kappa shape index (κ3) is 2.08. The van der Waals surface area contributed by atoms with E-state index in [1.165, 1.54) is 6.20 Å². The normalized spacial score (nSPS) is 19.1. The summed E-state index contributed by atoms with van der Waals surface area (Å²) in [6.07, 6.45) is 3.91. The topological polar surface area (TPSA) is 15.8 Å². The summed E-state index contributed by atoms with van der Waals surface area (Å²) < 4.78 is 37.8. The van der Waals surface area contributed by atoms with Crippen LogP contribution < -0.4 is 0 Å². The Kier molecular flexibility index (Phi) is 2.59. The number of hydrogen-bond acceptors (Lipinski definition) is 0. The Hall–Kier alpha value is -1.19. The Balaban J connectivity index is 2.37. The van der Waals surface area contributed by atoms with E-state index in [2.05, 4.69) is 4.98 Å². The predicted octanol–water partition coefficient (Wildman–Crippen LogP) is 3.47. The van der Waals surface area contributed by atoms with Crippen molar-refractivity contribution >= 4 is 0 Å². The van der Waals surface area contributed by atoms with Gasteiger partial charge < -0.3 is 4.98 Å². The first-order chi connectivity index (χ1) is 7.09. The Morgan fingerprint density at radius 2 is 1.73 bits per heavy atom. The molecule has 0 radical (unpaired) electrons. The van der Waals surface area contributed by atoms with Crippen molar-refractivity contribution in [2.24, 2.45) is 0 Å². The summed E-state index contributed by atoms with van der Waals surface area (Å²) in [5.74, 6) is 0. The molecule has 0 aromatic carbocycles. The van der Waals surface area contributed by atoms with Crippen molar-refractivity contribution in [3.8, 4) is 0 Å². The molecular formula is C11H12F3N. The van der Waals surface area contributed by atoms with E-state index in [4.69, 9.17) is 0 Å². The van der Waals surface area contributed by atoms with Gasteiger partial charge in [0.1, 0.15) is 5.69 Å². The molecule has 1 aromatic heterocycles. The van der Waals surface area contributed by atoms with Gasteiger partial charge in [0.15, 0.2) is 0 Å². The van der Waals surface area contributed by atoms with Gasteiger partial charge in [0.25, 0.3) is 0 Å². The van der Waals surface area contributed by atoms with Crippen molar-refractivity contribution in [1.82, 2.24) is 4.98 Å². The van der Waals surface area contributed by atoms with Gasteiger partial charge in [-0.15, -0.1) is 0 Å². The SMILES string of the molecule is FC(F)(F)c1[nH]cc2c1CC/C=C\CC2. The number of alkyl halides is 3. The number of allylic oxidation sites excluding steroid dienone is 2. The van der Waals surface area contributed by atoms with Crippen LogP contribution in [0.3, 0.4) is 0 Å². The zero-order valence-electron chi connectivity index (χ0n) is 8.19. The van der Waals surface area contributed by atoms with Gasteiger partial charge in [0.05, 0.1) is 0 Å². The molecule has 2 rings (SSSR count). The minimum atomic E-state index is -4.25. The molecule has 1 nitrogen and oxygen atoms in total. The van der Waals surface area contributed by atoms with Crippen molar-refractivity contribution in [2.45, 2.75) is 31.9 Å². The number of rotatable bonds is 0. The minimum Gasteiger partial charge on any atom is -0.357 e. The molecule has 82 valence electrons. The lowest BCUT2D eigenvalue weighted by Crippen LogP contribution is -2.09. The van der Waals surface area contributed by atoms with E-state index in [1.54, 1.807) is 0 Å². The van der Waals surface area contributed by atoms with E-state index in [1.807, 2.05) is 12.2 Å². The number of aromatic nitrogens is 1. The molecule has 1 aliphatic rings. The second kappa shape index (κ2) is 3.76. The molecule has 15 heavy (non-hydrogen) atoms. The van der Waals surface area contributed by atoms with Crippen molar-refractivity contribution in [2.75, 3.05) is 0 Å². The van der Waals surface area contributed by atoms with Crippen molar-refractivity contribution in [3.63, 3.8) is 0 Å². The fourth-order valence-electron chi connectivity index (χ4n) is 1.96. The Morgan fingerprint density at radius 1 is 1.07 bits per heavy atom. The number of H-pyrrole nitrogens is 1. The highest BCUT2D eigenvalue weighted by molar-refractivity contribution is 5.34. The second-order valence-corrected chi connectivity index (χ2v) is 3.71. The zero-order chi connectivity index (χ0) is 10.9. The molecule has 1 aliphatic carbocycles. The fraction of sp³-hybridized carbons (Fsp3) is 0.455. The summed E-state index contributed by atoms with van der Waals surface area (Å²) in [6.45, 7) is 0. The average molecular weight is 215 g/mol. The van der Waals surface area contributed by atoms with Crippen molar-refractivity contribution in [3.05, 3.63) is 35.2 Å². The molecule has 0 bridgehead atoms. The summed E-state index contributed by atoms with van der Waals surface area (Å²) in [6, 6.07) is 0. The van der Waals surface area contributed by atoms with Gasteiger partial charge >= 0.3 is 6.18 Å². The molecule has 0 aliphatic heterocycles. The van der Waals surface area contributed by atoms with Crippen LogP contribution in [0, 0.1) is 0 Å². The largest absolute Gasteiger partial charge is 0.431 e. The lowest BCUT2D eigenvalue weighted by molar-refractivity contribution is -0.141. The summed E-state index contributed by atoms with van der Waals surface area (Å²) in [4.78, 5) is 2.36. The smallest absolute Gasteiger partial charge is 0.357 e. The molecule has 0 unspecified atom stereocenters. The van der Waals surface area contributed by atoms with Crippen LogP contribution in [0.5, 0.6) is 0 Å². The maximum atomic E-state index is 12.6. The van der Waals surface area contributed by atoms with Gasteiger partial charge in [-0.2, -0.15) is 13.2 Å². The van der Waals surface area contributed by atoms with Crippen LogP contribution >= 0.6 is 0 Å². The van der Waals surface area contributed by atoms with Crippen LogP contribution in [0.4, 0.5) is 13.2 Å². The van der Waals surface area contributed by atoms with Gasteiger partial charge in [-0.1, -0.05) is 12.2 Å². The van der Waals surface area contributed by atoms with Crippen LogP contribution in [-0.4, -0.2) is 4.98 Å². The molecule has 0 amide bonds. The maximum absolute atomic E-state index is 12.6. The monoisotopic (exact) mass is 215 g/mol. The molecule has 0 saturated heterocycles. The summed E-state index contributed by atoms with van der Waals surface area (Å²) in [5, 5.41) is 0. The van der Waals surface area contributed by atoms with E-state index in [9.17, 15) is 13.2 Å². The number of fused-ring (bicyclic) bond motifs is 1. The molecule has 0 saturated carbocycles. The van der Waals surface area contributed by atoms with Crippen LogP contribution in [0.15, 0.2) is 18.3 Å². The van der Waals surface area contributed by atoms with Gasteiger partial charge in [-0.25, -0.2) is 0 Å². The van der Waals surface area contributed by atoms with E-state index in [0.29, 0.717) is 24.8 Å². The van der Waals surface area contributed by atoms with Crippen LogP contribution in [0.2, 0.25) is 0 Å². The molecule has 0 spiro atoms. The van der Waals surface area contributed by atoms with E-state index in [-0.39, 0.29) is 0 Å². The Morgan fingerprint density at radius 3 is 2.40 bits per heavy atom. The third-order valence-corrected chi connectivity index (χ3v) is 2.67. The highest BCUT2D eigenvalue weighted by Gasteiger charge is 2.35. The molecular weight excluding hydrogens is 203 g/mol. The van der Waals surface area contributed by atoms with Gasteiger partial charge in [-0.3, -0.25) is 0 Å². The number of aryl methyl sites for hydroxylation is 1. The van der Waals surface area contributed by atoms with E-state index < -0.39 is 11.9 Å². The van der Waals surface area contributed by atoms with Crippen molar-refractivity contribution in [1.29, 1.82) is 0 Å². The maximum Gasteiger partial charge on any atom is 0.431 e. The number of aromatic amines is 1. The predicted molar refractivity (Wildman–Crippen MR) is 51.6 cm³/mol. The summed E-state index contributed by atoms with van der Waals surface area (Å²) >= 11 is 0. The summed E-state index contributed by atoms with van der Waals surface area (Å²) in [5.41, 5.74) is 0.700. The first-order valence-corrected chi connectivity index (χ1v) is 5.00. The quantitative estimate of drug-likeness (QED) is 0.638. The molecule has 4 heteroatoms. The number of nitrogens with one attached hydrogen (secondary N) is 1. The third-order valence-electron chi connectivity index (χ3n) is 2.67. The average Bonchev–Trinajstić information content (AvgIpc) is 2.46. The molecule has 0 atom stereocenters. The van der Waals surface area contributed by atoms with Crippen LogP contribution in [0.25, 0.3) is 0 Å². The molecule has 1 aromatic rings. The van der Waals surface area contributed by atoms with Crippen LogP contribution in [0.1, 0.15) is 29.7 Å². The van der Waals surface area contributed by atoms with E-state index in [0.717, 1.165) is 12.0 Å². The van der Waals surface area contributed by atoms with E-state index >= 15 is 0 Å². The molecule has 1 heterocycles. The minimum absolute atomic E-state index is 0.451.